The van der Waals surface area contributed by atoms with E-state index in [1.165, 1.54) is 4.90 Å². The molecule has 0 spiro atoms. The summed E-state index contributed by atoms with van der Waals surface area (Å²) in [6.07, 6.45) is 5.03. The predicted molar refractivity (Wildman–Crippen MR) is 157 cm³/mol. The second-order valence-electron chi connectivity index (χ2n) is 10.9. The van der Waals surface area contributed by atoms with E-state index in [-0.39, 0.29) is 11.9 Å². The minimum Gasteiger partial charge on any atom is -0.465 e. The van der Waals surface area contributed by atoms with Crippen molar-refractivity contribution < 1.29 is 23.8 Å². The van der Waals surface area contributed by atoms with Crippen LogP contribution >= 0.6 is 0 Å². The summed E-state index contributed by atoms with van der Waals surface area (Å²) in [6.45, 7) is 2.15. The molecule has 4 aromatic rings. The first-order valence-corrected chi connectivity index (χ1v) is 14.0. The highest BCUT2D eigenvalue weighted by Crippen LogP contribution is 2.47. The molecule has 11 heteroatoms. The molecule has 3 heterocycles. The molecule has 0 bridgehead atoms. The lowest BCUT2D eigenvalue weighted by molar-refractivity contribution is -0.121. The van der Waals surface area contributed by atoms with Gasteiger partial charge in [0.15, 0.2) is 0 Å². The molecule has 6 rings (SSSR count). The van der Waals surface area contributed by atoms with Gasteiger partial charge in [-0.15, -0.1) is 0 Å². The highest BCUT2D eigenvalue weighted by Gasteiger charge is 2.50. The Morgan fingerprint density at radius 3 is 2.74 bits per heavy atom. The molecule has 216 valence electrons. The van der Waals surface area contributed by atoms with E-state index in [9.17, 15) is 19.1 Å². The highest BCUT2D eigenvalue weighted by atomic mass is 19.1. The Labute approximate surface area is 242 Å². The first-order valence-electron chi connectivity index (χ1n) is 14.0. The van der Waals surface area contributed by atoms with Gasteiger partial charge in [-0.05, 0) is 62.4 Å². The molecule has 10 nitrogen and oxygen atoms in total. The number of ether oxygens (including phenoxy) is 1. The van der Waals surface area contributed by atoms with Gasteiger partial charge in [0, 0.05) is 48.0 Å². The van der Waals surface area contributed by atoms with Crippen LogP contribution in [0.4, 0.5) is 20.8 Å². The van der Waals surface area contributed by atoms with E-state index in [1.807, 2.05) is 37.3 Å². The number of pyridine rings is 1. The minimum atomic E-state index is -0.932. The molecule has 42 heavy (non-hydrogen) atoms. The van der Waals surface area contributed by atoms with E-state index in [4.69, 9.17) is 9.72 Å². The molecule has 2 aromatic carbocycles. The molecule has 0 unspecified atom stereocenters. The maximum Gasteiger partial charge on any atom is 0.407 e. The zero-order chi connectivity index (χ0) is 29.3. The van der Waals surface area contributed by atoms with Crippen LogP contribution in [0.25, 0.3) is 22.0 Å². The third-order valence-corrected chi connectivity index (χ3v) is 7.97. The van der Waals surface area contributed by atoms with Crippen LogP contribution in [0.3, 0.4) is 0 Å². The number of rotatable bonds is 8. The van der Waals surface area contributed by atoms with E-state index in [2.05, 4.69) is 20.6 Å². The number of nitrogens with zero attached hydrogens (tertiary/aromatic N) is 4. The third kappa shape index (κ3) is 5.41. The monoisotopic (exact) mass is 570 g/mol. The molecule has 1 saturated heterocycles. The summed E-state index contributed by atoms with van der Waals surface area (Å²) in [5.74, 6) is 1.02. The lowest BCUT2D eigenvalue weighted by atomic mass is 10.0. The number of carbonyl (C=O) groups is 2. The Balaban J connectivity index is 1.28. The van der Waals surface area contributed by atoms with Gasteiger partial charge in [0.05, 0.1) is 16.7 Å². The number of likely N-dealkylation sites (tertiary alicyclic amines) is 1. The molecule has 1 aliphatic carbocycles. The van der Waals surface area contributed by atoms with Gasteiger partial charge in [0.1, 0.15) is 12.4 Å². The largest absolute Gasteiger partial charge is 0.465 e. The van der Waals surface area contributed by atoms with E-state index >= 15 is 0 Å². The van der Waals surface area contributed by atoms with Gasteiger partial charge < -0.3 is 25.4 Å². The van der Waals surface area contributed by atoms with Gasteiger partial charge in [-0.3, -0.25) is 4.79 Å². The summed E-state index contributed by atoms with van der Waals surface area (Å²) >= 11 is 0. The fraction of sp³-hybridized carbons (Fsp3) is 0.323. The van der Waals surface area contributed by atoms with Crippen LogP contribution in [0, 0.1) is 12.3 Å². The first kappa shape index (κ1) is 27.4. The number of fused-ring (bicyclic) bond motifs is 1. The van der Waals surface area contributed by atoms with E-state index < -0.39 is 18.2 Å². The molecule has 1 aliphatic heterocycles. The highest BCUT2D eigenvalue weighted by molar-refractivity contribution is 6.06. The Morgan fingerprint density at radius 2 is 1.95 bits per heavy atom. The van der Waals surface area contributed by atoms with Crippen LogP contribution in [0.2, 0.25) is 0 Å². The average Bonchev–Trinajstić information content (AvgIpc) is 3.81. The van der Waals surface area contributed by atoms with Crippen LogP contribution in [0.15, 0.2) is 60.9 Å². The van der Waals surface area contributed by atoms with E-state index in [0.29, 0.717) is 60.5 Å². The van der Waals surface area contributed by atoms with Crippen molar-refractivity contribution in [3.05, 3.63) is 66.5 Å². The SMILES string of the molecule is Cc1ccc2c(NC(=O)C3(CF)CC3)cccc2c1Oc1ncccc1-c1ccnc(N[C@H]2CCCN(C(=O)O)C2)n1. The van der Waals surface area contributed by atoms with Gasteiger partial charge in [-0.1, -0.05) is 24.3 Å². The zero-order valence-corrected chi connectivity index (χ0v) is 23.1. The molecule has 2 aromatic heterocycles. The number of hydrogen-bond donors (Lipinski definition) is 3. The van der Waals surface area contributed by atoms with Crippen LogP contribution in [0.1, 0.15) is 31.2 Å². The Morgan fingerprint density at radius 1 is 1.10 bits per heavy atom. The van der Waals surface area contributed by atoms with Crippen LogP contribution < -0.4 is 15.4 Å². The summed E-state index contributed by atoms with van der Waals surface area (Å²) in [6, 6.07) is 14.7. The van der Waals surface area contributed by atoms with Crippen molar-refractivity contribution in [2.45, 2.75) is 38.6 Å². The Hall–Kier alpha value is -4.80. The van der Waals surface area contributed by atoms with Crippen LogP contribution in [-0.2, 0) is 4.79 Å². The molecule has 2 fully saturated rings. The van der Waals surface area contributed by atoms with Crippen LogP contribution in [0.5, 0.6) is 11.6 Å². The smallest absolute Gasteiger partial charge is 0.407 e. The molecule has 1 atom stereocenters. The van der Waals surface area contributed by atoms with Gasteiger partial charge >= 0.3 is 6.09 Å². The van der Waals surface area contributed by atoms with Crippen molar-refractivity contribution in [2.24, 2.45) is 5.41 Å². The molecular weight excluding hydrogens is 539 g/mol. The second kappa shape index (κ2) is 11.2. The number of benzene rings is 2. The minimum absolute atomic E-state index is 0.0950. The number of hydrogen-bond acceptors (Lipinski definition) is 7. The van der Waals surface area contributed by atoms with Crippen molar-refractivity contribution in [2.75, 3.05) is 30.4 Å². The van der Waals surface area contributed by atoms with Crippen molar-refractivity contribution in [1.29, 1.82) is 0 Å². The number of aromatic nitrogens is 3. The quantitative estimate of drug-likeness (QED) is 0.234. The normalized spacial score (nSPS) is 17.5. The number of halogens is 1. The summed E-state index contributed by atoms with van der Waals surface area (Å²) in [5.41, 5.74) is 1.80. The van der Waals surface area contributed by atoms with Crippen molar-refractivity contribution in [1.82, 2.24) is 19.9 Å². The van der Waals surface area contributed by atoms with Crippen molar-refractivity contribution in [3.63, 3.8) is 0 Å². The number of alkyl halides is 1. The number of amides is 2. The molecule has 3 N–H and O–H groups in total. The van der Waals surface area contributed by atoms with Gasteiger partial charge in [0.2, 0.25) is 17.7 Å². The molecule has 0 radical (unpaired) electrons. The Kier molecular flexibility index (Phi) is 7.32. The summed E-state index contributed by atoms with van der Waals surface area (Å²) < 4.78 is 20.0. The standard InChI is InChI=1S/C31H31FN6O4/c1-19-9-10-21-22(6-2-8-24(21)36-28(39)31(18-32)12-13-31)26(19)42-27-23(7-3-14-33-27)25-11-15-34-29(37-25)35-20-5-4-16-38(17-20)30(40)41/h2-3,6-11,14-15,20H,4-5,12-13,16-18H2,1H3,(H,36,39)(H,40,41)(H,34,35,37)/t20-/m0/s1. The lowest BCUT2D eigenvalue weighted by Gasteiger charge is -2.31. The summed E-state index contributed by atoms with van der Waals surface area (Å²) in [7, 11) is 0. The zero-order valence-electron chi connectivity index (χ0n) is 23.1. The number of anilines is 2. The summed E-state index contributed by atoms with van der Waals surface area (Å²) in [4.78, 5) is 39.1. The number of piperidine rings is 1. The van der Waals surface area contributed by atoms with Crippen molar-refractivity contribution >= 4 is 34.4 Å². The maximum absolute atomic E-state index is 13.5. The number of nitrogens with one attached hydrogen (secondary N) is 2. The van der Waals surface area contributed by atoms with E-state index in [0.717, 1.165) is 29.2 Å². The predicted octanol–water partition coefficient (Wildman–Crippen LogP) is 6.04. The number of aryl methyl sites for hydroxylation is 1. The molecule has 2 amide bonds. The van der Waals surface area contributed by atoms with Gasteiger partial charge in [-0.2, -0.15) is 0 Å². The lowest BCUT2D eigenvalue weighted by Crippen LogP contribution is -2.44. The summed E-state index contributed by atoms with van der Waals surface area (Å²) in [5, 5.41) is 17.1. The first-order chi connectivity index (χ1) is 20.4. The fourth-order valence-corrected chi connectivity index (χ4v) is 5.30. The van der Waals surface area contributed by atoms with Crippen LogP contribution in [-0.4, -0.2) is 62.8 Å². The number of carbonyl (C=O) groups excluding carboxylic acids is 1. The topological polar surface area (TPSA) is 130 Å². The maximum atomic E-state index is 13.5. The molecule has 2 aliphatic rings. The van der Waals surface area contributed by atoms with Crippen molar-refractivity contribution in [3.8, 4) is 22.9 Å². The molecular formula is C31H31FN6O4. The molecule has 1 saturated carbocycles. The third-order valence-electron chi connectivity index (χ3n) is 7.97. The van der Waals surface area contributed by atoms with E-state index in [1.54, 1.807) is 30.6 Å². The number of carboxylic acid groups (broad SMARTS) is 1. The van der Waals surface area contributed by atoms with Gasteiger partial charge in [-0.25, -0.2) is 24.1 Å². The average molecular weight is 571 g/mol. The second-order valence-corrected chi connectivity index (χ2v) is 10.9. The fourth-order valence-electron chi connectivity index (χ4n) is 5.30. The Bertz CT molecular complexity index is 1660. The van der Waals surface area contributed by atoms with Gasteiger partial charge in [0.25, 0.3) is 0 Å².